The maximum Gasteiger partial charge on any atom is 0.299 e. The summed E-state index contributed by atoms with van der Waals surface area (Å²) in [6.07, 6.45) is 0. The van der Waals surface area contributed by atoms with Crippen LogP contribution in [0.3, 0.4) is 0 Å². The van der Waals surface area contributed by atoms with Crippen molar-refractivity contribution in [2.45, 2.75) is 13.0 Å². The summed E-state index contributed by atoms with van der Waals surface area (Å²) in [5.41, 5.74) is 1.62. The molecule has 29 heavy (non-hydrogen) atoms. The molecule has 0 bridgehead atoms. The largest absolute Gasteiger partial charge is 0.355 e. The number of nitrogens with zero attached hydrogens (tertiary/aromatic N) is 4. The van der Waals surface area contributed by atoms with E-state index in [0.717, 1.165) is 5.56 Å². The Morgan fingerprint density at radius 2 is 1.83 bits per heavy atom. The van der Waals surface area contributed by atoms with Gasteiger partial charge in [-0.05, 0) is 43.3 Å². The van der Waals surface area contributed by atoms with Crippen LogP contribution in [-0.2, 0) is 4.79 Å². The summed E-state index contributed by atoms with van der Waals surface area (Å²) in [6.45, 7) is 1.81. The Hall–Kier alpha value is -3.29. The van der Waals surface area contributed by atoms with E-state index in [2.05, 4.69) is 10.1 Å². The normalized spacial score (nSPS) is 18.6. The van der Waals surface area contributed by atoms with Gasteiger partial charge in [0.15, 0.2) is 11.5 Å². The highest BCUT2D eigenvalue weighted by Crippen LogP contribution is 2.25. The lowest BCUT2D eigenvalue weighted by atomic mass is 10.1. The Morgan fingerprint density at radius 3 is 2.52 bits per heavy atom. The highest BCUT2D eigenvalue weighted by molar-refractivity contribution is 6.48. The SMILES string of the molecule is CC1C(=NC(=O)c2cc(-c3ccc(Cl)cc3)on2)C(=O)N(c2ccccc2)N1C. The van der Waals surface area contributed by atoms with E-state index in [1.165, 1.54) is 11.1 Å². The first-order chi connectivity index (χ1) is 14.0. The average molecular weight is 409 g/mol. The summed E-state index contributed by atoms with van der Waals surface area (Å²) in [5, 5.41) is 7.63. The fourth-order valence-electron chi connectivity index (χ4n) is 3.08. The second-order valence-electron chi connectivity index (χ2n) is 6.59. The number of carbonyl (C=O) groups is 2. The van der Waals surface area contributed by atoms with E-state index in [9.17, 15) is 9.59 Å². The first kappa shape index (κ1) is 19.0. The predicted molar refractivity (Wildman–Crippen MR) is 110 cm³/mol. The van der Waals surface area contributed by atoms with Gasteiger partial charge in [0.05, 0.1) is 11.7 Å². The molecule has 1 saturated heterocycles. The molecular formula is C21H17ClN4O3. The average Bonchev–Trinajstić information content (AvgIpc) is 3.29. The number of para-hydroxylation sites is 1. The molecule has 0 N–H and O–H groups in total. The van der Waals surface area contributed by atoms with E-state index in [1.807, 2.05) is 37.3 Å². The van der Waals surface area contributed by atoms with Crippen LogP contribution in [0.5, 0.6) is 0 Å². The van der Waals surface area contributed by atoms with Crippen LogP contribution < -0.4 is 5.01 Å². The first-order valence-corrected chi connectivity index (χ1v) is 9.31. The molecule has 7 nitrogen and oxygen atoms in total. The molecule has 1 aromatic heterocycles. The minimum absolute atomic E-state index is 0.0308. The van der Waals surface area contributed by atoms with Gasteiger partial charge >= 0.3 is 0 Å². The Kier molecular flexibility index (Phi) is 5.00. The second kappa shape index (κ2) is 7.62. The number of carbonyl (C=O) groups excluding carboxylic acids is 2. The summed E-state index contributed by atoms with van der Waals surface area (Å²) in [5.74, 6) is -0.563. The maximum atomic E-state index is 12.9. The molecule has 1 atom stereocenters. The lowest BCUT2D eigenvalue weighted by Gasteiger charge is -2.25. The number of benzene rings is 2. The summed E-state index contributed by atoms with van der Waals surface area (Å²) >= 11 is 5.89. The van der Waals surface area contributed by atoms with Gasteiger partial charge in [0.25, 0.3) is 11.8 Å². The molecular weight excluding hydrogens is 392 g/mol. The van der Waals surface area contributed by atoms with Crippen molar-refractivity contribution < 1.29 is 14.1 Å². The topological polar surface area (TPSA) is 79.0 Å². The van der Waals surface area contributed by atoms with Gasteiger partial charge in [0.2, 0.25) is 0 Å². The van der Waals surface area contributed by atoms with Gasteiger partial charge in [-0.2, -0.15) is 0 Å². The van der Waals surface area contributed by atoms with Crippen LogP contribution in [0.25, 0.3) is 11.3 Å². The Labute approximate surface area is 172 Å². The quantitative estimate of drug-likeness (QED) is 0.657. The van der Waals surface area contributed by atoms with Gasteiger partial charge in [-0.1, -0.05) is 35.0 Å². The zero-order valence-corrected chi connectivity index (χ0v) is 16.5. The molecule has 0 aliphatic carbocycles. The van der Waals surface area contributed by atoms with E-state index < -0.39 is 5.91 Å². The van der Waals surface area contributed by atoms with Crippen LogP contribution in [0.15, 0.2) is 70.2 Å². The molecule has 146 valence electrons. The van der Waals surface area contributed by atoms with Crippen molar-refractivity contribution in [2.75, 3.05) is 12.1 Å². The Morgan fingerprint density at radius 1 is 1.14 bits per heavy atom. The van der Waals surface area contributed by atoms with Crippen molar-refractivity contribution in [2.24, 2.45) is 4.99 Å². The van der Waals surface area contributed by atoms with Gasteiger partial charge in [0, 0.05) is 23.7 Å². The number of halogens is 1. The van der Waals surface area contributed by atoms with Crippen LogP contribution >= 0.6 is 11.6 Å². The lowest BCUT2D eigenvalue weighted by molar-refractivity contribution is -0.113. The Bertz CT molecular complexity index is 1090. The van der Waals surface area contributed by atoms with Crippen molar-refractivity contribution in [1.82, 2.24) is 10.2 Å². The minimum atomic E-state index is -0.632. The van der Waals surface area contributed by atoms with Gasteiger partial charge in [-0.15, -0.1) is 0 Å². The van der Waals surface area contributed by atoms with Crippen LogP contribution in [-0.4, -0.2) is 40.8 Å². The maximum absolute atomic E-state index is 12.9. The van der Waals surface area contributed by atoms with Gasteiger partial charge in [-0.3, -0.25) is 9.59 Å². The van der Waals surface area contributed by atoms with E-state index in [0.29, 0.717) is 16.5 Å². The van der Waals surface area contributed by atoms with Crippen LogP contribution in [0, 0.1) is 0 Å². The van der Waals surface area contributed by atoms with Gasteiger partial charge in [0.1, 0.15) is 5.71 Å². The van der Waals surface area contributed by atoms with Crippen molar-refractivity contribution in [3.8, 4) is 11.3 Å². The third kappa shape index (κ3) is 3.57. The number of hydrazine groups is 1. The third-order valence-electron chi connectivity index (χ3n) is 4.76. The number of anilines is 1. The first-order valence-electron chi connectivity index (χ1n) is 8.93. The molecule has 1 aliphatic heterocycles. The zero-order chi connectivity index (χ0) is 20.5. The van der Waals surface area contributed by atoms with Crippen LogP contribution in [0.4, 0.5) is 5.69 Å². The van der Waals surface area contributed by atoms with Crippen molar-refractivity contribution >= 4 is 34.8 Å². The second-order valence-corrected chi connectivity index (χ2v) is 7.02. The monoisotopic (exact) mass is 408 g/mol. The van der Waals surface area contributed by atoms with E-state index in [1.54, 1.807) is 36.3 Å². The number of aromatic nitrogens is 1. The molecule has 0 saturated carbocycles. The molecule has 8 heteroatoms. The van der Waals surface area contributed by atoms with Gasteiger partial charge < -0.3 is 4.52 Å². The number of hydrogen-bond donors (Lipinski definition) is 0. The number of hydrogen-bond acceptors (Lipinski definition) is 5. The minimum Gasteiger partial charge on any atom is -0.355 e. The molecule has 1 fully saturated rings. The molecule has 4 rings (SSSR count). The fraction of sp³-hybridized carbons (Fsp3) is 0.143. The molecule has 0 spiro atoms. The smallest absolute Gasteiger partial charge is 0.299 e. The molecule has 3 aromatic rings. The number of rotatable bonds is 3. The molecule has 0 radical (unpaired) electrons. The summed E-state index contributed by atoms with van der Waals surface area (Å²) in [4.78, 5) is 29.6. The van der Waals surface area contributed by atoms with Crippen molar-refractivity contribution in [1.29, 1.82) is 0 Å². The summed E-state index contributed by atoms with van der Waals surface area (Å²) in [7, 11) is 1.78. The van der Waals surface area contributed by atoms with Crippen molar-refractivity contribution in [3.05, 3.63) is 71.4 Å². The van der Waals surface area contributed by atoms with Crippen LogP contribution in [0.2, 0.25) is 5.02 Å². The van der Waals surface area contributed by atoms with E-state index >= 15 is 0 Å². The summed E-state index contributed by atoms with van der Waals surface area (Å²) < 4.78 is 5.25. The molecule has 2 amide bonds. The zero-order valence-electron chi connectivity index (χ0n) is 15.7. The highest BCUT2D eigenvalue weighted by Gasteiger charge is 2.40. The standard InChI is InChI=1S/C21H17ClN4O3/c1-13-19(21(28)26(25(13)2)16-6-4-3-5-7-16)23-20(27)17-12-18(29-24-17)14-8-10-15(22)11-9-14/h3-13H,1-2H3. The molecule has 1 unspecified atom stereocenters. The number of aliphatic imine (C=N–C) groups is 1. The van der Waals surface area contributed by atoms with Gasteiger partial charge in [-0.25, -0.2) is 15.0 Å². The number of amides is 2. The van der Waals surface area contributed by atoms with Crippen molar-refractivity contribution in [3.63, 3.8) is 0 Å². The van der Waals surface area contributed by atoms with E-state index in [-0.39, 0.29) is 23.4 Å². The lowest BCUT2D eigenvalue weighted by Crippen LogP contribution is -2.38. The Balaban J connectivity index is 1.60. The fourth-order valence-corrected chi connectivity index (χ4v) is 3.21. The molecule has 1 aliphatic rings. The molecule has 2 aromatic carbocycles. The van der Waals surface area contributed by atoms with Crippen LogP contribution in [0.1, 0.15) is 17.4 Å². The van der Waals surface area contributed by atoms with E-state index in [4.69, 9.17) is 16.1 Å². The highest BCUT2D eigenvalue weighted by atomic mass is 35.5. The molecule has 2 heterocycles. The third-order valence-corrected chi connectivity index (χ3v) is 5.02. The summed E-state index contributed by atoms with van der Waals surface area (Å²) in [6, 6.07) is 17.3. The predicted octanol–water partition coefficient (Wildman–Crippen LogP) is 3.86.